The minimum atomic E-state index is -3.93. The number of ether oxygens (including phenoxy) is 1. The number of nitrogens with one attached hydrogen (secondary N) is 1. The first kappa shape index (κ1) is 16.3. The zero-order valence-electron chi connectivity index (χ0n) is 10.6. The zero-order chi connectivity index (χ0) is 15.6. The van der Waals surface area contributed by atoms with Crippen LogP contribution in [0.4, 0.5) is 5.69 Å². The summed E-state index contributed by atoms with van der Waals surface area (Å²) in [7, 11) is -2.74. The molecule has 112 valence electrons. The molecule has 9 heteroatoms. The van der Waals surface area contributed by atoms with Gasteiger partial charge in [-0.3, -0.25) is 4.72 Å². The van der Waals surface area contributed by atoms with E-state index in [9.17, 15) is 13.2 Å². The van der Waals surface area contributed by atoms with Gasteiger partial charge in [-0.2, -0.15) is 0 Å². The largest absolute Gasteiger partial charge is 0.465 e. The monoisotopic (exact) mass is 409 g/mol. The number of benzene rings is 1. The Bertz CT molecular complexity index is 788. The molecule has 5 nitrogen and oxygen atoms in total. The summed E-state index contributed by atoms with van der Waals surface area (Å²) >= 11 is 10.2. The average Bonchev–Trinajstić information content (AvgIpc) is 2.91. The fourth-order valence-electron chi connectivity index (χ4n) is 1.52. The van der Waals surface area contributed by atoms with Gasteiger partial charge in [0.25, 0.3) is 10.0 Å². The third-order valence-electron chi connectivity index (χ3n) is 2.46. The average molecular weight is 411 g/mol. The molecule has 1 aromatic heterocycles. The number of esters is 1. The Morgan fingerprint density at radius 3 is 2.71 bits per heavy atom. The summed E-state index contributed by atoms with van der Waals surface area (Å²) in [5.41, 5.74) is 0.224. The molecule has 0 spiro atoms. The van der Waals surface area contributed by atoms with Crippen molar-refractivity contribution in [2.24, 2.45) is 0 Å². The maximum Gasteiger partial charge on any atom is 0.349 e. The molecule has 0 saturated carbocycles. The second kappa shape index (κ2) is 6.35. The Morgan fingerprint density at radius 1 is 1.38 bits per heavy atom. The van der Waals surface area contributed by atoms with Gasteiger partial charge >= 0.3 is 5.97 Å². The van der Waals surface area contributed by atoms with Gasteiger partial charge in [-0.1, -0.05) is 27.5 Å². The lowest BCUT2D eigenvalue weighted by Gasteiger charge is -2.10. The van der Waals surface area contributed by atoms with Gasteiger partial charge in [0, 0.05) is 4.47 Å². The predicted molar refractivity (Wildman–Crippen MR) is 85.6 cm³/mol. The van der Waals surface area contributed by atoms with E-state index in [0.29, 0.717) is 0 Å². The Kier molecular flexibility index (Phi) is 4.92. The van der Waals surface area contributed by atoms with Crippen molar-refractivity contribution in [1.82, 2.24) is 0 Å². The molecule has 0 aliphatic heterocycles. The highest BCUT2D eigenvalue weighted by Crippen LogP contribution is 2.30. The van der Waals surface area contributed by atoms with Gasteiger partial charge in [0.05, 0.1) is 17.8 Å². The summed E-state index contributed by atoms with van der Waals surface area (Å²) in [6.45, 7) is 0. The van der Waals surface area contributed by atoms with Gasteiger partial charge in [-0.15, -0.1) is 11.3 Å². The van der Waals surface area contributed by atoms with E-state index in [0.717, 1.165) is 15.8 Å². The molecule has 1 heterocycles. The van der Waals surface area contributed by atoms with Crippen LogP contribution in [0.25, 0.3) is 0 Å². The first-order valence-corrected chi connectivity index (χ1v) is 9.02. The summed E-state index contributed by atoms with van der Waals surface area (Å²) in [6.07, 6.45) is 0. The van der Waals surface area contributed by atoms with Crippen LogP contribution in [0.15, 0.2) is 39.0 Å². The van der Waals surface area contributed by atoms with Crippen molar-refractivity contribution in [3.8, 4) is 0 Å². The highest BCUT2D eigenvalue weighted by atomic mass is 79.9. The maximum absolute atomic E-state index is 12.4. The first-order chi connectivity index (χ1) is 9.85. The lowest BCUT2D eigenvalue weighted by molar-refractivity contribution is 0.0602. The van der Waals surface area contributed by atoms with Crippen LogP contribution >= 0.6 is 38.9 Å². The summed E-state index contributed by atoms with van der Waals surface area (Å²) in [5, 5.41) is 1.74. The molecule has 2 rings (SSSR count). The van der Waals surface area contributed by atoms with Crippen LogP contribution in [-0.4, -0.2) is 21.5 Å². The molecule has 0 aliphatic carbocycles. The number of hydrogen-bond acceptors (Lipinski definition) is 5. The van der Waals surface area contributed by atoms with Gasteiger partial charge in [-0.05, 0) is 29.6 Å². The van der Waals surface area contributed by atoms with Gasteiger partial charge < -0.3 is 4.74 Å². The SMILES string of the molecule is COC(=O)c1sccc1S(=O)(=O)Nc1ccc(Br)cc1Cl. The Balaban J connectivity index is 2.39. The summed E-state index contributed by atoms with van der Waals surface area (Å²) < 4.78 is 32.4. The van der Waals surface area contributed by atoms with E-state index in [1.54, 1.807) is 12.1 Å². The molecule has 0 radical (unpaired) electrons. The fraction of sp³-hybridized carbons (Fsp3) is 0.0833. The minimum Gasteiger partial charge on any atom is -0.465 e. The smallest absolute Gasteiger partial charge is 0.349 e. The number of halogens is 2. The molecule has 0 atom stereocenters. The van der Waals surface area contributed by atoms with Gasteiger partial charge in [0.15, 0.2) is 0 Å². The molecular formula is C12H9BrClNO4S2. The van der Waals surface area contributed by atoms with E-state index in [4.69, 9.17) is 11.6 Å². The molecule has 0 amide bonds. The summed E-state index contributed by atoms with van der Waals surface area (Å²) in [6, 6.07) is 6.08. The van der Waals surface area contributed by atoms with Gasteiger partial charge in [0.2, 0.25) is 0 Å². The van der Waals surface area contributed by atoms with Crippen molar-refractivity contribution in [2.45, 2.75) is 4.90 Å². The van der Waals surface area contributed by atoms with E-state index in [-0.39, 0.29) is 20.5 Å². The van der Waals surface area contributed by atoms with E-state index in [1.165, 1.54) is 24.6 Å². The number of carbonyl (C=O) groups is 1. The third-order valence-corrected chi connectivity index (χ3v) is 5.70. The van der Waals surface area contributed by atoms with Crippen molar-refractivity contribution in [3.05, 3.63) is 44.0 Å². The molecule has 0 saturated heterocycles. The lowest BCUT2D eigenvalue weighted by Crippen LogP contribution is -2.16. The Hall–Kier alpha value is -1.09. The second-order valence-electron chi connectivity index (χ2n) is 3.84. The van der Waals surface area contributed by atoms with Crippen molar-refractivity contribution in [1.29, 1.82) is 0 Å². The normalized spacial score (nSPS) is 11.2. The molecule has 1 N–H and O–H groups in total. The minimum absolute atomic E-state index is 0.0123. The number of carbonyl (C=O) groups excluding carboxylic acids is 1. The fourth-order valence-corrected chi connectivity index (χ4v) is 4.71. The Labute approximate surface area is 139 Å². The predicted octanol–water partition coefficient (Wildman–Crippen LogP) is 3.75. The standard InChI is InChI=1S/C12H9BrClNO4S2/c1-19-12(16)11-10(4-5-20-11)21(17,18)15-9-3-2-7(13)6-8(9)14/h2-6,15H,1H3. The van der Waals surface area contributed by atoms with Crippen molar-refractivity contribution in [3.63, 3.8) is 0 Å². The second-order valence-corrected chi connectivity index (χ2v) is 7.73. The van der Waals surface area contributed by atoms with Crippen LogP contribution in [0.1, 0.15) is 9.67 Å². The number of sulfonamides is 1. The molecule has 0 aliphatic rings. The Morgan fingerprint density at radius 2 is 2.10 bits per heavy atom. The molecule has 0 unspecified atom stereocenters. The van der Waals surface area contributed by atoms with E-state index < -0.39 is 16.0 Å². The van der Waals surface area contributed by atoms with Crippen molar-refractivity contribution < 1.29 is 17.9 Å². The van der Waals surface area contributed by atoms with Gasteiger partial charge in [-0.25, -0.2) is 13.2 Å². The maximum atomic E-state index is 12.4. The van der Waals surface area contributed by atoms with E-state index in [1.807, 2.05) is 0 Å². The summed E-state index contributed by atoms with van der Waals surface area (Å²) in [5.74, 6) is -0.702. The van der Waals surface area contributed by atoms with Crippen molar-refractivity contribution >= 4 is 60.5 Å². The topological polar surface area (TPSA) is 72.5 Å². The van der Waals surface area contributed by atoms with Crippen molar-refractivity contribution in [2.75, 3.05) is 11.8 Å². The highest BCUT2D eigenvalue weighted by Gasteiger charge is 2.25. The van der Waals surface area contributed by atoms with Crippen LogP contribution in [0, 0.1) is 0 Å². The van der Waals surface area contributed by atoms with E-state index in [2.05, 4.69) is 25.4 Å². The molecule has 2 aromatic rings. The summed E-state index contributed by atoms with van der Waals surface area (Å²) in [4.78, 5) is 11.4. The quantitative estimate of drug-likeness (QED) is 0.779. The van der Waals surface area contributed by atoms with E-state index >= 15 is 0 Å². The molecular weight excluding hydrogens is 402 g/mol. The highest BCUT2D eigenvalue weighted by molar-refractivity contribution is 9.10. The number of anilines is 1. The van der Waals surface area contributed by atoms with Crippen LogP contribution in [0.2, 0.25) is 5.02 Å². The first-order valence-electron chi connectivity index (χ1n) is 5.49. The number of thiophene rings is 1. The number of hydrogen-bond donors (Lipinski definition) is 1. The third kappa shape index (κ3) is 3.57. The molecule has 1 aromatic carbocycles. The lowest BCUT2D eigenvalue weighted by atomic mass is 10.3. The van der Waals surface area contributed by atoms with Gasteiger partial charge in [0.1, 0.15) is 9.77 Å². The molecule has 0 bridgehead atoms. The van der Waals surface area contributed by atoms with Crippen LogP contribution in [0.5, 0.6) is 0 Å². The van der Waals surface area contributed by atoms with Crippen LogP contribution in [0.3, 0.4) is 0 Å². The van der Waals surface area contributed by atoms with Crippen LogP contribution in [-0.2, 0) is 14.8 Å². The number of methoxy groups -OCH3 is 1. The zero-order valence-corrected chi connectivity index (χ0v) is 14.6. The number of rotatable bonds is 4. The molecule has 0 fully saturated rings. The molecule has 21 heavy (non-hydrogen) atoms. The van der Waals surface area contributed by atoms with Crippen LogP contribution < -0.4 is 4.72 Å².